The Morgan fingerprint density at radius 3 is 2.20 bits per heavy atom. The van der Waals surface area contributed by atoms with Crippen molar-refractivity contribution in [1.82, 2.24) is 4.90 Å². The maximum Gasteiger partial charge on any atom is 0.416 e. The van der Waals surface area contributed by atoms with Gasteiger partial charge in [0.2, 0.25) is 0 Å². The van der Waals surface area contributed by atoms with Gasteiger partial charge in [-0.1, -0.05) is 43.3 Å². The number of hydrogen-bond acceptors (Lipinski definition) is 1. The number of benzene rings is 2. The van der Waals surface area contributed by atoms with E-state index in [-0.39, 0.29) is 0 Å². The van der Waals surface area contributed by atoms with E-state index in [2.05, 4.69) is 36.1 Å². The molecular formula is C21H26F3N. The monoisotopic (exact) mass is 349 g/mol. The van der Waals surface area contributed by atoms with E-state index < -0.39 is 11.7 Å². The van der Waals surface area contributed by atoms with Crippen LogP contribution in [0.4, 0.5) is 13.2 Å². The third-order valence-corrected chi connectivity index (χ3v) is 4.52. The van der Waals surface area contributed by atoms with E-state index in [0.29, 0.717) is 5.92 Å². The van der Waals surface area contributed by atoms with Crippen LogP contribution >= 0.6 is 0 Å². The molecule has 0 saturated carbocycles. The predicted molar refractivity (Wildman–Crippen MR) is 96.9 cm³/mol. The molecule has 0 saturated heterocycles. The molecule has 2 aromatic rings. The van der Waals surface area contributed by atoms with Crippen molar-refractivity contribution in [3.8, 4) is 0 Å². The van der Waals surface area contributed by atoms with E-state index in [1.807, 2.05) is 14.1 Å². The van der Waals surface area contributed by atoms with Crippen molar-refractivity contribution in [2.45, 2.75) is 38.3 Å². The summed E-state index contributed by atoms with van der Waals surface area (Å²) in [5.41, 5.74) is 2.91. The molecule has 0 amide bonds. The summed E-state index contributed by atoms with van der Waals surface area (Å²) < 4.78 is 38.2. The Bertz CT molecular complexity index is 660. The molecular weight excluding hydrogens is 323 g/mol. The molecule has 0 aliphatic rings. The number of halogens is 3. The summed E-state index contributed by atoms with van der Waals surface area (Å²) in [6.45, 7) is 3.07. The third-order valence-electron chi connectivity index (χ3n) is 4.52. The molecule has 1 nitrogen and oxygen atoms in total. The molecule has 1 atom stereocenters. The first kappa shape index (κ1) is 19.5. The van der Waals surface area contributed by atoms with Crippen LogP contribution in [0.1, 0.15) is 41.5 Å². The van der Waals surface area contributed by atoms with Crippen LogP contribution in [0.15, 0.2) is 48.5 Å². The topological polar surface area (TPSA) is 3.24 Å². The lowest BCUT2D eigenvalue weighted by Crippen LogP contribution is -2.17. The minimum atomic E-state index is -4.28. The summed E-state index contributed by atoms with van der Waals surface area (Å²) in [5, 5.41) is 0. The first-order chi connectivity index (χ1) is 11.8. The third kappa shape index (κ3) is 5.89. The van der Waals surface area contributed by atoms with Gasteiger partial charge in [-0.15, -0.1) is 0 Å². The van der Waals surface area contributed by atoms with Gasteiger partial charge < -0.3 is 4.90 Å². The Balaban J connectivity index is 2.20. The lowest BCUT2D eigenvalue weighted by Gasteiger charge is -2.21. The molecule has 2 rings (SSSR count). The zero-order chi connectivity index (χ0) is 18.4. The lowest BCUT2D eigenvalue weighted by atomic mass is 9.88. The van der Waals surface area contributed by atoms with Crippen LogP contribution in [0, 0.1) is 0 Å². The largest absolute Gasteiger partial charge is 0.416 e. The molecule has 4 heteroatoms. The molecule has 1 unspecified atom stereocenters. The Morgan fingerprint density at radius 1 is 0.960 bits per heavy atom. The van der Waals surface area contributed by atoms with Gasteiger partial charge in [-0.3, -0.25) is 0 Å². The van der Waals surface area contributed by atoms with Gasteiger partial charge in [0.25, 0.3) is 0 Å². The van der Waals surface area contributed by atoms with Crippen molar-refractivity contribution in [3.05, 3.63) is 70.8 Å². The molecule has 0 heterocycles. The van der Waals surface area contributed by atoms with Crippen LogP contribution in [-0.4, -0.2) is 25.5 Å². The average molecular weight is 349 g/mol. The van der Waals surface area contributed by atoms with Gasteiger partial charge in [-0.05, 0) is 74.6 Å². The normalized spacial score (nSPS) is 13.2. The summed E-state index contributed by atoms with van der Waals surface area (Å²) in [4.78, 5) is 2.14. The second-order valence-electron chi connectivity index (χ2n) is 6.79. The highest BCUT2D eigenvalue weighted by atomic mass is 19.4. The molecule has 0 fully saturated rings. The van der Waals surface area contributed by atoms with Crippen LogP contribution in [0.2, 0.25) is 0 Å². The number of aryl methyl sites for hydroxylation is 1. The quantitative estimate of drug-likeness (QED) is 0.634. The van der Waals surface area contributed by atoms with E-state index in [1.165, 1.54) is 23.3 Å². The van der Waals surface area contributed by atoms with Gasteiger partial charge in [0.1, 0.15) is 0 Å². The first-order valence-corrected chi connectivity index (χ1v) is 8.69. The maximum atomic E-state index is 12.7. The second kappa shape index (κ2) is 8.52. The molecule has 0 aliphatic carbocycles. The van der Waals surface area contributed by atoms with Crippen LogP contribution in [0.3, 0.4) is 0 Å². The molecule has 2 aromatic carbocycles. The highest BCUT2D eigenvalue weighted by Crippen LogP contribution is 2.31. The van der Waals surface area contributed by atoms with Gasteiger partial charge in [0, 0.05) is 0 Å². The maximum absolute atomic E-state index is 12.7. The number of nitrogens with zero attached hydrogens (tertiary/aromatic N) is 1. The van der Waals surface area contributed by atoms with Crippen molar-refractivity contribution in [2.24, 2.45) is 0 Å². The molecule has 0 radical (unpaired) electrons. The number of hydrogen-bond donors (Lipinski definition) is 0. The lowest BCUT2D eigenvalue weighted by molar-refractivity contribution is -0.137. The van der Waals surface area contributed by atoms with Gasteiger partial charge in [-0.2, -0.15) is 13.2 Å². The van der Waals surface area contributed by atoms with E-state index in [4.69, 9.17) is 0 Å². The predicted octanol–water partition coefficient (Wildman–Crippen LogP) is 5.55. The van der Waals surface area contributed by atoms with Gasteiger partial charge in [0.05, 0.1) is 5.56 Å². The van der Waals surface area contributed by atoms with Crippen molar-refractivity contribution in [3.63, 3.8) is 0 Å². The van der Waals surface area contributed by atoms with Crippen LogP contribution < -0.4 is 0 Å². The molecule has 0 aliphatic heterocycles. The van der Waals surface area contributed by atoms with E-state index >= 15 is 0 Å². The number of rotatable bonds is 7. The second-order valence-corrected chi connectivity index (χ2v) is 6.79. The number of alkyl halides is 3. The van der Waals surface area contributed by atoms with Crippen LogP contribution in [-0.2, 0) is 19.0 Å². The zero-order valence-corrected chi connectivity index (χ0v) is 15.1. The Hall–Kier alpha value is -1.81. The van der Waals surface area contributed by atoms with Gasteiger partial charge in [0.15, 0.2) is 0 Å². The molecule has 0 N–H and O–H groups in total. The Labute approximate surface area is 148 Å². The molecule has 136 valence electrons. The van der Waals surface area contributed by atoms with Gasteiger partial charge >= 0.3 is 6.18 Å². The standard InChI is InChI=1S/C21H26F3N/c1-4-16-6-5-7-18(14-16)19(12-13-25(2)3)15-17-8-10-20(11-9-17)21(22,23)24/h5-11,14,19H,4,12-13,15H2,1-3H3. The van der Waals surface area contributed by atoms with E-state index in [1.54, 1.807) is 12.1 Å². The van der Waals surface area contributed by atoms with Crippen molar-refractivity contribution in [1.29, 1.82) is 0 Å². The fourth-order valence-electron chi connectivity index (χ4n) is 2.98. The fourth-order valence-corrected chi connectivity index (χ4v) is 2.98. The van der Waals surface area contributed by atoms with E-state index in [0.717, 1.165) is 31.4 Å². The highest BCUT2D eigenvalue weighted by Gasteiger charge is 2.30. The zero-order valence-electron chi connectivity index (χ0n) is 15.1. The Morgan fingerprint density at radius 2 is 1.64 bits per heavy atom. The summed E-state index contributed by atoms with van der Waals surface area (Å²) >= 11 is 0. The summed E-state index contributed by atoms with van der Waals surface area (Å²) in [7, 11) is 4.08. The molecule has 0 spiro atoms. The molecule has 0 bridgehead atoms. The smallest absolute Gasteiger partial charge is 0.309 e. The van der Waals surface area contributed by atoms with Crippen LogP contribution in [0.25, 0.3) is 0 Å². The molecule has 25 heavy (non-hydrogen) atoms. The Kier molecular flexibility index (Phi) is 6.65. The van der Waals surface area contributed by atoms with Gasteiger partial charge in [-0.25, -0.2) is 0 Å². The summed E-state index contributed by atoms with van der Waals surface area (Å²) in [6, 6.07) is 14.1. The van der Waals surface area contributed by atoms with Crippen LogP contribution in [0.5, 0.6) is 0 Å². The van der Waals surface area contributed by atoms with Crippen molar-refractivity contribution < 1.29 is 13.2 Å². The summed E-state index contributed by atoms with van der Waals surface area (Å²) in [5.74, 6) is 0.297. The van der Waals surface area contributed by atoms with Crippen molar-refractivity contribution in [2.75, 3.05) is 20.6 Å². The first-order valence-electron chi connectivity index (χ1n) is 8.69. The minimum absolute atomic E-state index is 0.297. The average Bonchev–Trinajstić information content (AvgIpc) is 2.58. The highest BCUT2D eigenvalue weighted by molar-refractivity contribution is 5.30. The molecule has 0 aromatic heterocycles. The van der Waals surface area contributed by atoms with Crippen molar-refractivity contribution >= 4 is 0 Å². The van der Waals surface area contributed by atoms with E-state index in [9.17, 15) is 13.2 Å². The minimum Gasteiger partial charge on any atom is -0.309 e. The summed E-state index contributed by atoms with van der Waals surface area (Å²) in [6.07, 6.45) is -1.58. The fraction of sp³-hybridized carbons (Fsp3) is 0.429. The SMILES string of the molecule is CCc1cccc(C(CCN(C)C)Cc2ccc(C(F)(F)F)cc2)c1.